The molecule has 0 bridgehead atoms. The molecule has 1 fully saturated rings. The van der Waals surface area contributed by atoms with Gasteiger partial charge in [0.15, 0.2) is 0 Å². The Morgan fingerprint density at radius 3 is 2.55 bits per heavy atom. The minimum Gasteiger partial charge on any atom is -0.481 e. The molecule has 1 saturated carbocycles. The molecule has 106 valence electrons. The van der Waals surface area contributed by atoms with E-state index in [0.29, 0.717) is 29.8 Å². The molecule has 5 nitrogen and oxygen atoms in total. The highest BCUT2D eigenvalue weighted by Crippen LogP contribution is 2.35. The van der Waals surface area contributed by atoms with Crippen molar-refractivity contribution in [2.75, 3.05) is 5.32 Å². The second-order valence-electron chi connectivity index (χ2n) is 5.13. The van der Waals surface area contributed by atoms with E-state index in [1.807, 2.05) is 13.8 Å². The van der Waals surface area contributed by atoms with Crippen LogP contribution >= 0.6 is 11.3 Å². The average Bonchev–Trinajstić information content (AvgIpc) is 2.96. The third kappa shape index (κ3) is 2.68. The molecule has 2 atom stereocenters. The van der Waals surface area contributed by atoms with Gasteiger partial charge in [-0.3, -0.25) is 9.59 Å². The molecule has 6 heteroatoms. The van der Waals surface area contributed by atoms with Gasteiger partial charge in [0.25, 0.3) is 0 Å². The van der Waals surface area contributed by atoms with Crippen LogP contribution in [-0.2, 0) is 9.59 Å². The summed E-state index contributed by atoms with van der Waals surface area (Å²) in [6.07, 6.45) is 1.52. The number of anilines is 1. The van der Waals surface area contributed by atoms with E-state index in [0.717, 1.165) is 10.4 Å². The first kappa shape index (κ1) is 14.5. The predicted molar refractivity (Wildman–Crippen MR) is 75.6 cm³/mol. The normalized spacial score (nSPS) is 21.4. The molecule has 0 saturated heterocycles. The number of thiophene rings is 1. The van der Waals surface area contributed by atoms with Gasteiger partial charge in [-0.05, 0) is 38.7 Å². The molecule has 1 aliphatic rings. The number of carbonyl (C=O) groups excluding carboxylic acids is 1. The van der Waals surface area contributed by atoms with E-state index in [1.165, 1.54) is 11.3 Å². The maximum Gasteiger partial charge on any atom is 0.306 e. The number of hydrogen-bond acceptors (Lipinski definition) is 4. The van der Waals surface area contributed by atoms with Gasteiger partial charge in [-0.2, -0.15) is 5.26 Å². The van der Waals surface area contributed by atoms with Crippen molar-refractivity contribution in [3.8, 4) is 6.07 Å². The molecular weight excluding hydrogens is 276 g/mol. The molecule has 0 unspecified atom stereocenters. The number of rotatable bonds is 3. The number of carbonyl (C=O) groups is 2. The van der Waals surface area contributed by atoms with Crippen LogP contribution in [0.25, 0.3) is 0 Å². The fourth-order valence-corrected chi connectivity index (χ4v) is 3.52. The first-order valence-corrected chi connectivity index (χ1v) is 7.29. The van der Waals surface area contributed by atoms with Crippen LogP contribution < -0.4 is 5.32 Å². The molecule has 20 heavy (non-hydrogen) atoms. The fourth-order valence-electron chi connectivity index (χ4n) is 2.51. The van der Waals surface area contributed by atoms with Gasteiger partial charge < -0.3 is 10.4 Å². The Morgan fingerprint density at radius 1 is 1.35 bits per heavy atom. The van der Waals surface area contributed by atoms with E-state index >= 15 is 0 Å². The van der Waals surface area contributed by atoms with Crippen LogP contribution in [0, 0.1) is 37.0 Å². The Kier molecular flexibility index (Phi) is 4.09. The topological polar surface area (TPSA) is 90.2 Å². The van der Waals surface area contributed by atoms with Crippen molar-refractivity contribution in [2.24, 2.45) is 11.8 Å². The smallest absolute Gasteiger partial charge is 0.306 e. The Bertz CT molecular complexity index is 600. The largest absolute Gasteiger partial charge is 0.481 e. The van der Waals surface area contributed by atoms with E-state index in [2.05, 4.69) is 11.4 Å². The Hall–Kier alpha value is -1.87. The van der Waals surface area contributed by atoms with E-state index in [1.54, 1.807) is 0 Å². The Labute approximate surface area is 121 Å². The van der Waals surface area contributed by atoms with Crippen LogP contribution in [0.1, 0.15) is 35.3 Å². The molecule has 1 heterocycles. The highest BCUT2D eigenvalue weighted by molar-refractivity contribution is 7.16. The molecule has 0 radical (unpaired) electrons. The van der Waals surface area contributed by atoms with Crippen molar-refractivity contribution in [1.29, 1.82) is 5.26 Å². The SMILES string of the molecule is Cc1sc(NC(=O)[C@@H]2CC[C@H](C(=O)O)C2)c(C#N)c1C. The molecule has 0 spiro atoms. The number of carboxylic acid groups (broad SMARTS) is 1. The second kappa shape index (κ2) is 5.63. The van der Waals surface area contributed by atoms with Gasteiger partial charge in [-0.15, -0.1) is 11.3 Å². The van der Waals surface area contributed by atoms with E-state index in [-0.39, 0.29) is 11.8 Å². The fraction of sp³-hybridized carbons (Fsp3) is 0.500. The monoisotopic (exact) mass is 292 g/mol. The van der Waals surface area contributed by atoms with E-state index < -0.39 is 11.9 Å². The van der Waals surface area contributed by atoms with Crippen LogP contribution in [0.15, 0.2) is 0 Å². The highest BCUT2D eigenvalue weighted by atomic mass is 32.1. The standard InChI is InChI=1S/C14H16N2O3S/c1-7-8(2)20-13(11(7)6-15)16-12(17)9-3-4-10(5-9)14(18)19/h9-10H,3-5H2,1-2H3,(H,16,17)(H,18,19)/t9-,10+/m1/s1. The lowest BCUT2D eigenvalue weighted by atomic mass is 10.0. The first-order chi connectivity index (χ1) is 9.43. The molecular formula is C14H16N2O3S. The summed E-state index contributed by atoms with van der Waals surface area (Å²) in [4.78, 5) is 24.1. The van der Waals surface area contributed by atoms with Crippen molar-refractivity contribution in [3.63, 3.8) is 0 Å². The lowest BCUT2D eigenvalue weighted by Crippen LogP contribution is -2.21. The molecule has 1 aromatic heterocycles. The number of hydrogen-bond donors (Lipinski definition) is 2. The molecule has 1 aliphatic carbocycles. The summed E-state index contributed by atoms with van der Waals surface area (Å²) in [5.74, 6) is -1.70. The lowest BCUT2D eigenvalue weighted by molar-refractivity contribution is -0.141. The van der Waals surface area contributed by atoms with Crippen molar-refractivity contribution in [1.82, 2.24) is 0 Å². The summed E-state index contributed by atoms with van der Waals surface area (Å²) < 4.78 is 0. The van der Waals surface area contributed by atoms with Gasteiger partial charge in [0.2, 0.25) is 5.91 Å². The van der Waals surface area contributed by atoms with E-state index in [4.69, 9.17) is 10.4 Å². The molecule has 0 aliphatic heterocycles. The average molecular weight is 292 g/mol. The molecule has 1 amide bonds. The Balaban J connectivity index is 2.08. The van der Waals surface area contributed by atoms with Crippen LogP contribution in [0.2, 0.25) is 0 Å². The van der Waals surface area contributed by atoms with Crippen molar-refractivity contribution < 1.29 is 14.7 Å². The maximum atomic E-state index is 12.2. The van der Waals surface area contributed by atoms with Gasteiger partial charge >= 0.3 is 5.97 Å². The molecule has 2 N–H and O–H groups in total. The van der Waals surface area contributed by atoms with Crippen LogP contribution in [-0.4, -0.2) is 17.0 Å². The minimum absolute atomic E-state index is 0.175. The number of aliphatic carboxylic acids is 1. The summed E-state index contributed by atoms with van der Waals surface area (Å²) in [5.41, 5.74) is 1.40. The second-order valence-corrected chi connectivity index (χ2v) is 6.36. The highest BCUT2D eigenvalue weighted by Gasteiger charge is 2.34. The Morgan fingerprint density at radius 2 is 2.00 bits per heavy atom. The third-order valence-electron chi connectivity index (χ3n) is 3.89. The molecule has 0 aromatic carbocycles. The zero-order chi connectivity index (χ0) is 14.9. The minimum atomic E-state index is -0.833. The number of nitriles is 1. The number of nitrogens with one attached hydrogen (secondary N) is 1. The maximum absolute atomic E-state index is 12.2. The van der Waals surface area contributed by atoms with Crippen LogP contribution in [0.4, 0.5) is 5.00 Å². The summed E-state index contributed by atoms with van der Waals surface area (Å²) in [6.45, 7) is 3.77. The number of carboxylic acids is 1. The number of aryl methyl sites for hydroxylation is 1. The van der Waals surface area contributed by atoms with E-state index in [9.17, 15) is 9.59 Å². The van der Waals surface area contributed by atoms with Crippen LogP contribution in [0.3, 0.4) is 0 Å². The third-order valence-corrected chi connectivity index (χ3v) is 5.01. The lowest BCUT2D eigenvalue weighted by Gasteiger charge is -2.09. The summed E-state index contributed by atoms with van der Waals surface area (Å²) in [6, 6.07) is 2.11. The van der Waals surface area contributed by atoms with Crippen molar-refractivity contribution in [3.05, 3.63) is 16.0 Å². The van der Waals surface area contributed by atoms with Gasteiger partial charge in [0.05, 0.1) is 11.5 Å². The summed E-state index contributed by atoms with van der Waals surface area (Å²) >= 11 is 1.39. The molecule has 2 rings (SSSR count). The quantitative estimate of drug-likeness (QED) is 0.896. The zero-order valence-electron chi connectivity index (χ0n) is 11.4. The van der Waals surface area contributed by atoms with Gasteiger partial charge in [0.1, 0.15) is 11.1 Å². The molecule has 1 aromatic rings. The predicted octanol–water partition coefficient (Wildman–Crippen LogP) is 2.68. The zero-order valence-corrected chi connectivity index (χ0v) is 12.2. The summed E-state index contributed by atoms with van der Waals surface area (Å²) in [5, 5.41) is 21.4. The number of amides is 1. The first-order valence-electron chi connectivity index (χ1n) is 6.47. The number of nitrogens with zero attached hydrogens (tertiary/aromatic N) is 1. The van der Waals surface area contributed by atoms with Gasteiger partial charge in [0, 0.05) is 10.8 Å². The van der Waals surface area contributed by atoms with Crippen LogP contribution in [0.5, 0.6) is 0 Å². The van der Waals surface area contributed by atoms with Crippen molar-refractivity contribution in [2.45, 2.75) is 33.1 Å². The van der Waals surface area contributed by atoms with Gasteiger partial charge in [-0.1, -0.05) is 0 Å². The van der Waals surface area contributed by atoms with Crippen molar-refractivity contribution >= 4 is 28.2 Å². The summed E-state index contributed by atoms with van der Waals surface area (Å²) in [7, 11) is 0. The van der Waals surface area contributed by atoms with Gasteiger partial charge in [-0.25, -0.2) is 0 Å².